The quantitative estimate of drug-likeness (QED) is 0.650. The Morgan fingerprint density at radius 1 is 1.43 bits per heavy atom. The number of hydrogen-bond acceptors (Lipinski definition) is 8. The fourth-order valence-electron chi connectivity index (χ4n) is 3.55. The number of anilines is 1. The van der Waals surface area contributed by atoms with Crippen LogP contribution in [-0.2, 0) is 28.9 Å². The molecule has 1 saturated heterocycles. The standard InChI is InChI=1S/C17H22N6O3S2/c1-9(27-17-20-21-22-23(17)8-10-4-3-7-26-10)15(25)19-16-13(14(18)24)11-5-2-6-12(11)28-16/h9-10H,2-8H2,1H3,(H2,18,24)(H,19,25). The van der Waals surface area contributed by atoms with Gasteiger partial charge in [0.05, 0.1) is 23.5 Å². The molecule has 2 aromatic rings. The Balaban J connectivity index is 1.42. The third-order valence-electron chi connectivity index (χ3n) is 4.96. The number of carbonyl (C=O) groups is 2. The molecule has 1 aliphatic heterocycles. The van der Waals surface area contributed by atoms with Gasteiger partial charge in [-0.25, -0.2) is 4.68 Å². The molecule has 150 valence electrons. The van der Waals surface area contributed by atoms with Crippen LogP contribution in [0.25, 0.3) is 0 Å². The van der Waals surface area contributed by atoms with Gasteiger partial charge in [0.15, 0.2) is 0 Å². The number of tetrazole rings is 1. The van der Waals surface area contributed by atoms with E-state index < -0.39 is 11.2 Å². The molecule has 2 atom stereocenters. The summed E-state index contributed by atoms with van der Waals surface area (Å²) in [5.74, 6) is -0.699. The lowest BCUT2D eigenvalue weighted by Gasteiger charge is -2.13. The molecule has 9 nitrogen and oxygen atoms in total. The number of thioether (sulfide) groups is 1. The summed E-state index contributed by atoms with van der Waals surface area (Å²) >= 11 is 2.73. The maximum Gasteiger partial charge on any atom is 0.251 e. The zero-order valence-corrected chi connectivity index (χ0v) is 17.1. The second kappa shape index (κ2) is 8.18. The maximum absolute atomic E-state index is 12.7. The summed E-state index contributed by atoms with van der Waals surface area (Å²) in [5, 5.41) is 15.3. The third-order valence-corrected chi connectivity index (χ3v) is 7.23. The molecule has 0 radical (unpaired) electrons. The first kappa shape index (κ1) is 19.3. The Morgan fingerprint density at radius 2 is 2.29 bits per heavy atom. The van der Waals surface area contributed by atoms with E-state index >= 15 is 0 Å². The molecule has 0 spiro atoms. The number of primary amides is 1. The Bertz CT molecular complexity index is 890. The van der Waals surface area contributed by atoms with E-state index in [4.69, 9.17) is 10.5 Å². The van der Waals surface area contributed by atoms with Crippen LogP contribution in [0.3, 0.4) is 0 Å². The number of thiophene rings is 1. The molecule has 3 N–H and O–H groups in total. The van der Waals surface area contributed by atoms with Gasteiger partial charge < -0.3 is 15.8 Å². The predicted octanol–water partition coefficient (Wildman–Crippen LogP) is 1.62. The van der Waals surface area contributed by atoms with Gasteiger partial charge in [0.2, 0.25) is 11.1 Å². The Labute approximate surface area is 170 Å². The fourth-order valence-corrected chi connectivity index (χ4v) is 5.65. The summed E-state index contributed by atoms with van der Waals surface area (Å²) in [6.45, 7) is 3.13. The highest BCUT2D eigenvalue weighted by Crippen LogP contribution is 2.39. The molecule has 28 heavy (non-hydrogen) atoms. The van der Waals surface area contributed by atoms with Crippen molar-refractivity contribution in [3.05, 3.63) is 16.0 Å². The maximum atomic E-state index is 12.7. The number of nitrogens with one attached hydrogen (secondary N) is 1. The van der Waals surface area contributed by atoms with Gasteiger partial charge in [-0.3, -0.25) is 9.59 Å². The van der Waals surface area contributed by atoms with Crippen LogP contribution < -0.4 is 11.1 Å². The summed E-state index contributed by atoms with van der Waals surface area (Å²) in [7, 11) is 0. The minimum absolute atomic E-state index is 0.110. The molecule has 3 heterocycles. The van der Waals surface area contributed by atoms with Gasteiger partial charge in [-0.2, -0.15) is 0 Å². The van der Waals surface area contributed by atoms with Gasteiger partial charge in [0, 0.05) is 11.5 Å². The van der Waals surface area contributed by atoms with Gasteiger partial charge in [-0.15, -0.1) is 16.4 Å². The summed E-state index contributed by atoms with van der Waals surface area (Å²) < 4.78 is 7.31. The molecule has 2 unspecified atom stereocenters. The van der Waals surface area contributed by atoms with Crippen LogP contribution in [0.4, 0.5) is 5.00 Å². The van der Waals surface area contributed by atoms with E-state index in [1.54, 1.807) is 11.6 Å². The van der Waals surface area contributed by atoms with Gasteiger partial charge in [-0.05, 0) is 55.0 Å². The van der Waals surface area contributed by atoms with Crippen LogP contribution in [0.1, 0.15) is 47.0 Å². The van der Waals surface area contributed by atoms with Crippen molar-refractivity contribution in [1.29, 1.82) is 0 Å². The first-order chi connectivity index (χ1) is 13.5. The fraction of sp³-hybridized carbons (Fsp3) is 0.588. The number of nitrogens with two attached hydrogens (primary N) is 1. The SMILES string of the molecule is CC(Sc1nnnn1CC1CCCO1)C(=O)Nc1sc2c(c1C(N)=O)CCC2. The summed E-state index contributed by atoms with van der Waals surface area (Å²) in [5.41, 5.74) is 7.02. The molecular weight excluding hydrogens is 400 g/mol. The van der Waals surface area contributed by atoms with Gasteiger partial charge in [0.25, 0.3) is 5.91 Å². The molecular formula is C17H22N6O3S2. The zero-order chi connectivity index (χ0) is 19.7. The van der Waals surface area contributed by atoms with Crippen LogP contribution in [-0.4, -0.2) is 50.0 Å². The Hall–Kier alpha value is -1.98. The lowest BCUT2D eigenvalue weighted by atomic mass is 10.1. The lowest BCUT2D eigenvalue weighted by molar-refractivity contribution is -0.115. The molecule has 1 aliphatic carbocycles. The van der Waals surface area contributed by atoms with E-state index in [0.29, 0.717) is 22.3 Å². The summed E-state index contributed by atoms with van der Waals surface area (Å²) in [6.07, 6.45) is 4.93. The van der Waals surface area contributed by atoms with Crippen molar-refractivity contribution in [2.24, 2.45) is 5.73 Å². The van der Waals surface area contributed by atoms with Crippen molar-refractivity contribution in [2.75, 3.05) is 11.9 Å². The van der Waals surface area contributed by atoms with Gasteiger partial charge >= 0.3 is 0 Å². The highest BCUT2D eigenvalue weighted by atomic mass is 32.2. The lowest BCUT2D eigenvalue weighted by Crippen LogP contribution is -2.25. The summed E-state index contributed by atoms with van der Waals surface area (Å²) in [4.78, 5) is 25.8. The third kappa shape index (κ3) is 3.91. The molecule has 0 bridgehead atoms. The number of fused-ring (bicyclic) bond motifs is 1. The molecule has 2 amide bonds. The minimum Gasteiger partial charge on any atom is -0.376 e. The van der Waals surface area contributed by atoms with E-state index in [9.17, 15) is 9.59 Å². The van der Waals surface area contributed by atoms with Crippen molar-refractivity contribution in [2.45, 2.75) is 62.1 Å². The van der Waals surface area contributed by atoms with Crippen molar-refractivity contribution in [3.8, 4) is 0 Å². The largest absolute Gasteiger partial charge is 0.376 e. The number of rotatable bonds is 7. The number of aromatic nitrogens is 4. The molecule has 11 heteroatoms. The molecule has 2 aliphatic rings. The Kier molecular flexibility index (Phi) is 5.65. The topological polar surface area (TPSA) is 125 Å². The Morgan fingerprint density at radius 3 is 3.04 bits per heavy atom. The van der Waals surface area contributed by atoms with Gasteiger partial charge in [0.1, 0.15) is 5.00 Å². The van der Waals surface area contributed by atoms with Crippen LogP contribution in [0.2, 0.25) is 0 Å². The van der Waals surface area contributed by atoms with Crippen molar-refractivity contribution in [3.63, 3.8) is 0 Å². The number of carbonyl (C=O) groups excluding carboxylic acids is 2. The monoisotopic (exact) mass is 422 g/mol. The number of amides is 2. The average molecular weight is 423 g/mol. The smallest absolute Gasteiger partial charge is 0.251 e. The normalized spacial score (nSPS) is 19.5. The van der Waals surface area contributed by atoms with E-state index in [0.717, 1.165) is 49.2 Å². The second-order valence-corrected chi connectivity index (χ2v) is 9.37. The predicted molar refractivity (Wildman–Crippen MR) is 106 cm³/mol. The molecule has 0 saturated carbocycles. The van der Waals surface area contributed by atoms with Crippen LogP contribution >= 0.6 is 23.1 Å². The van der Waals surface area contributed by atoms with E-state index in [1.807, 2.05) is 0 Å². The van der Waals surface area contributed by atoms with Crippen LogP contribution in [0, 0.1) is 0 Å². The first-order valence-corrected chi connectivity index (χ1v) is 11.0. The highest BCUT2D eigenvalue weighted by Gasteiger charge is 2.28. The molecule has 2 aromatic heterocycles. The van der Waals surface area contributed by atoms with Gasteiger partial charge in [-0.1, -0.05) is 11.8 Å². The number of nitrogens with zero attached hydrogens (tertiary/aromatic N) is 4. The molecule has 0 aromatic carbocycles. The van der Waals surface area contributed by atoms with E-state index in [2.05, 4.69) is 20.8 Å². The second-order valence-electron chi connectivity index (χ2n) is 6.95. The first-order valence-electron chi connectivity index (χ1n) is 9.32. The van der Waals surface area contributed by atoms with E-state index in [1.165, 1.54) is 23.1 Å². The molecule has 1 fully saturated rings. The summed E-state index contributed by atoms with van der Waals surface area (Å²) in [6, 6.07) is 0. The molecule has 4 rings (SSSR count). The number of aryl methyl sites for hydroxylation is 1. The van der Waals surface area contributed by atoms with E-state index in [-0.39, 0.29) is 12.0 Å². The minimum atomic E-state index is -0.490. The van der Waals surface area contributed by atoms with Crippen molar-refractivity contribution in [1.82, 2.24) is 20.2 Å². The van der Waals surface area contributed by atoms with Crippen molar-refractivity contribution < 1.29 is 14.3 Å². The number of ether oxygens (including phenoxy) is 1. The highest BCUT2D eigenvalue weighted by molar-refractivity contribution is 8.00. The average Bonchev–Trinajstić information content (AvgIpc) is 3.40. The number of hydrogen-bond donors (Lipinski definition) is 2. The van der Waals surface area contributed by atoms with Crippen LogP contribution in [0.5, 0.6) is 0 Å². The zero-order valence-electron chi connectivity index (χ0n) is 15.5. The van der Waals surface area contributed by atoms with Crippen molar-refractivity contribution >= 4 is 39.9 Å². The van der Waals surface area contributed by atoms with Crippen LogP contribution in [0.15, 0.2) is 5.16 Å².